The van der Waals surface area contributed by atoms with Crippen LogP contribution in [0.25, 0.3) is 0 Å². The highest BCUT2D eigenvalue weighted by molar-refractivity contribution is 7.90. The van der Waals surface area contributed by atoms with Crippen LogP contribution in [-0.2, 0) is 9.84 Å². The van der Waals surface area contributed by atoms with Gasteiger partial charge >= 0.3 is 0 Å². The summed E-state index contributed by atoms with van der Waals surface area (Å²) in [4.78, 5) is 25.1. The van der Waals surface area contributed by atoms with Gasteiger partial charge in [-0.15, -0.1) is 0 Å². The van der Waals surface area contributed by atoms with Crippen molar-refractivity contribution in [2.45, 2.75) is 4.90 Å². The first kappa shape index (κ1) is 20.4. The molecule has 0 atom stereocenters. The van der Waals surface area contributed by atoms with Crippen LogP contribution in [0.2, 0.25) is 0 Å². The number of nitrogens with one attached hydrogen (secondary N) is 2. The van der Waals surface area contributed by atoms with Crippen LogP contribution in [0.15, 0.2) is 71.6 Å². The average Bonchev–Trinajstić information content (AvgIpc) is 3.21. The number of hydrogen-bond acceptors (Lipinski definition) is 6. The molecule has 4 rings (SSSR count). The Labute approximate surface area is 178 Å². The molecular formula is C22H18N2O6S. The lowest BCUT2D eigenvalue weighted by Crippen LogP contribution is -2.14. The first-order chi connectivity index (χ1) is 14.8. The van der Waals surface area contributed by atoms with Gasteiger partial charge in [0.25, 0.3) is 11.8 Å². The topological polar surface area (TPSA) is 111 Å². The summed E-state index contributed by atoms with van der Waals surface area (Å²) < 4.78 is 33.6. The fourth-order valence-electron chi connectivity index (χ4n) is 2.97. The molecule has 3 aromatic carbocycles. The van der Waals surface area contributed by atoms with Gasteiger partial charge in [-0.3, -0.25) is 9.59 Å². The Morgan fingerprint density at radius 1 is 0.774 bits per heavy atom. The molecule has 0 unspecified atom stereocenters. The van der Waals surface area contributed by atoms with Crippen molar-refractivity contribution in [3.05, 3.63) is 77.9 Å². The zero-order chi connectivity index (χ0) is 22.0. The summed E-state index contributed by atoms with van der Waals surface area (Å²) in [5.74, 6) is 0.360. The van der Waals surface area contributed by atoms with Gasteiger partial charge in [0.1, 0.15) is 0 Å². The van der Waals surface area contributed by atoms with E-state index in [4.69, 9.17) is 9.47 Å². The minimum absolute atomic E-state index is 0.124. The van der Waals surface area contributed by atoms with Crippen molar-refractivity contribution in [3.8, 4) is 11.5 Å². The molecule has 0 saturated carbocycles. The Kier molecular flexibility index (Phi) is 5.35. The molecule has 0 saturated heterocycles. The number of sulfone groups is 1. The SMILES string of the molecule is CS(=O)(=O)c1ccc(C(=O)Nc2cccc(NC(=O)c3ccc4c(c3)OCO4)c2)cc1. The monoisotopic (exact) mass is 438 g/mol. The van der Waals surface area contributed by atoms with Crippen molar-refractivity contribution < 1.29 is 27.5 Å². The quantitative estimate of drug-likeness (QED) is 0.632. The summed E-state index contributed by atoms with van der Waals surface area (Å²) in [6.45, 7) is 0.124. The van der Waals surface area contributed by atoms with Gasteiger partial charge < -0.3 is 20.1 Å². The zero-order valence-corrected chi connectivity index (χ0v) is 17.2. The molecule has 0 aliphatic carbocycles. The molecule has 2 N–H and O–H groups in total. The van der Waals surface area contributed by atoms with Crippen LogP contribution in [0.4, 0.5) is 11.4 Å². The van der Waals surface area contributed by atoms with Crippen LogP contribution >= 0.6 is 0 Å². The molecule has 1 aliphatic rings. The van der Waals surface area contributed by atoms with Gasteiger partial charge in [-0.25, -0.2) is 8.42 Å². The third-order valence-electron chi connectivity index (χ3n) is 4.56. The van der Waals surface area contributed by atoms with Gasteiger partial charge in [0.2, 0.25) is 6.79 Å². The van der Waals surface area contributed by atoms with Crippen molar-refractivity contribution in [3.63, 3.8) is 0 Å². The fourth-order valence-corrected chi connectivity index (χ4v) is 3.60. The Bertz CT molecular complexity index is 1270. The first-order valence-corrected chi connectivity index (χ1v) is 11.1. The summed E-state index contributed by atoms with van der Waals surface area (Å²) in [6, 6.07) is 17.2. The summed E-state index contributed by atoms with van der Waals surface area (Å²) in [5.41, 5.74) is 1.68. The maximum Gasteiger partial charge on any atom is 0.255 e. The normalized spacial score (nSPS) is 12.3. The number of carbonyl (C=O) groups is 2. The lowest BCUT2D eigenvalue weighted by molar-refractivity contribution is 0.101. The lowest BCUT2D eigenvalue weighted by Gasteiger charge is -2.10. The molecule has 158 valence electrons. The molecule has 0 radical (unpaired) electrons. The Hall–Kier alpha value is -3.85. The second-order valence-electron chi connectivity index (χ2n) is 6.85. The Balaban J connectivity index is 1.44. The van der Waals surface area contributed by atoms with Crippen LogP contribution in [0.1, 0.15) is 20.7 Å². The lowest BCUT2D eigenvalue weighted by atomic mass is 10.1. The molecular weight excluding hydrogens is 420 g/mol. The molecule has 1 aliphatic heterocycles. The van der Waals surface area contributed by atoms with E-state index in [0.29, 0.717) is 34.0 Å². The van der Waals surface area contributed by atoms with Crippen molar-refractivity contribution in [1.29, 1.82) is 0 Å². The number of fused-ring (bicyclic) bond motifs is 1. The van der Waals surface area contributed by atoms with Crippen molar-refractivity contribution in [2.24, 2.45) is 0 Å². The van der Waals surface area contributed by atoms with E-state index in [1.165, 1.54) is 24.3 Å². The van der Waals surface area contributed by atoms with Crippen LogP contribution < -0.4 is 20.1 Å². The highest BCUT2D eigenvalue weighted by Crippen LogP contribution is 2.32. The van der Waals surface area contributed by atoms with Crippen molar-refractivity contribution in [1.82, 2.24) is 0 Å². The van der Waals surface area contributed by atoms with Gasteiger partial charge in [-0.1, -0.05) is 6.07 Å². The predicted octanol–water partition coefficient (Wildman–Crippen LogP) is 3.32. The van der Waals surface area contributed by atoms with E-state index in [1.54, 1.807) is 42.5 Å². The Morgan fingerprint density at radius 3 is 2.00 bits per heavy atom. The number of amides is 2. The van der Waals surface area contributed by atoms with Crippen LogP contribution in [0, 0.1) is 0 Å². The minimum Gasteiger partial charge on any atom is -0.454 e. The maximum absolute atomic E-state index is 12.5. The van der Waals surface area contributed by atoms with E-state index in [9.17, 15) is 18.0 Å². The molecule has 9 heteroatoms. The zero-order valence-electron chi connectivity index (χ0n) is 16.4. The van der Waals surface area contributed by atoms with E-state index in [-0.39, 0.29) is 17.6 Å². The number of hydrogen-bond donors (Lipinski definition) is 2. The van der Waals surface area contributed by atoms with Gasteiger partial charge in [0.15, 0.2) is 21.3 Å². The standard InChI is InChI=1S/C22H18N2O6S/c1-31(27,28)18-8-5-14(6-9-18)21(25)23-16-3-2-4-17(12-16)24-22(26)15-7-10-19-20(11-15)30-13-29-19/h2-12H,13H2,1H3,(H,23,25)(H,24,26). The summed E-state index contributed by atoms with van der Waals surface area (Å²) in [7, 11) is -3.33. The highest BCUT2D eigenvalue weighted by atomic mass is 32.2. The molecule has 2 amide bonds. The number of anilines is 2. The summed E-state index contributed by atoms with van der Waals surface area (Å²) in [6.07, 6.45) is 1.10. The fraction of sp³-hybridized carbons (Fsp3) is 0.0909. The van der Waals surface area contributed by atoms with Crippen LogP contribution in [0.3, 0.4) is 0 Å². The smallest absolute Gasteiger partial charge is 0.255 e. The van der Waals surface area contributed by atoms with E-state index >= 15 is 0 Å². The van der Waals surface area contributed by atoms with E-state index < -0.39 is 15.7 Å². The third-order valence-corrected chi connectivity index (χ3v) is 5.69. The largest absolute Gasteiger partial charge is 0.454 e. The molecule has 0 spiro atoms. The van der Waals surface area contributed by atoms with Crippen LogP contribution in [-0.4, -0.2) is 33.3 Å². The molecule has 0 fully saturated rings. The molecule has 0 bridgehead atoms. The van der Waals surface area contributed by atoms with Crippen LogP contribution in [0.5, 0.6) is 11.5 Å². The van der Waals surface area contributed by atoms with E-state index in [1.807, 2.05) is 0 Å². The maximum atomic E-state index is 12.5. The minimum atomic E-state index is -3.33. The average molecular weight is 438 g/mol. The predicted molar refractivity (Wildman–Crippen MR) is 114 cm³/mol. The molecule has 1 heterocycles. The van der Waals surface area contributed by atoms with Gasteiger partial charge in [0, 0.05) is 28.8 Å². The summed E-state index contributed by atoms with van der Waals surface area (Å²) >= 11 is 0. The second kappa shape index (κ2) is 8.11. The highest BCUT2D eigenvalue weighted by Gasteiger charge is 2.16. The summed E-state index contributed by atoms with van der Waals surface area (Å²) in [5, 5.41) is 5.50. The number of carbonyl (C=O) groups excluding carboxylic acids is 2. The number of benzene rings is 3. The Morgan fingerprint density at radius 2 is 1.35 bits per heavy atom. The third kappa shape index (κ3) is 4.67. The molecule has 8 nitrogen and oxygen atoms in total. The molecule has 31 heavy (non-hydrogen) atoms. The second-order valence-corrected chi connectivity index (χ2v) is 8.87. The van der Waals surface area contributed by atoms with Crippen molar-refractivity contribution >= 4 is 33.0 Å². The van der Waals surface area contributed by atoms with Crippen molar-refractivity contribution in [2.75, 3.05) is 23.7 Å². The first-order valence-electron chi connectivity index (χ1n) is 9.22. The van der Waals surface area contributed by atoms with E-state index in [2.05, 4.69) is 10.6 Å². The van der Waals surface area contributed by atoms with E-state index in [0.717, 1.165) is 6.26 Å². The van der Waals surface area contributed by atoms with Gasteiger partial charge in [-0.2, -0.15) is 0 Å². The number of rotatable bonds is 5. The molecule has 3 aromatic rings. The number of ether oxygens (including phenoxy) is 2. The van der Waals surface area contributed by atoms with Gasteiger partial charge in [0.05, 0.1) is 4.90 Å². The molecule has 0 aromatic heterocycles. The van der Waals surface area contributed by atoms with Gasteiger partial charge in [-0.05, 0) is 60.7 Å².